The SMILES string of the molecule is CCC(Cc1ccc(O)c(Cl)c1)(c1ccc(O)c(C)c1)c1ccc(O)c(C)c1. The van der Waals surface area contributed by atoms with E-state index < -0.39 is 0 Å². The van der Waals surface area contributed by atoms with Crippen LogP contribution in [0.5, 0.6) is 17.2 Å². The van der Waals surface area contributed by atoms with Crippen LogP contribution in [-0.4, -0.2) is 15.3 Å². The molecule has 3 rings (SSSR count). The third-order valence-electron chi connectivity index (χ3n) is 5.62. The van der Waals surface area contributed by atoms with Gasteiger partial charge in [-0.25, -0.2) is 0 Å². The number of halogens is 1. The molecule has 0 aliphatic rings. The molecule has 0 spiro atoms. The Morgan fingerprint density at radius 3 is 1.68 bits per heavy atom. The van der Waals surface area contributed by atoms with Crippen LogP contribution in [0.25, 0.3) is 0 Å². The maximum Gasteiger partial charge on any atom is 0.134 e. The molecule has 3 N–H and O–H groups in total. The average molecular weight is 397 g/mol. The molecular weight excluding hydrogens is 372 g/mol. The first-order valence-corrected chi connectivity index (χ1v) is 9.72. The van der Waals surface area contributed by atoms with Gasteiger partial charge < -0.3 is 15.3 Å². The van der Waals surface area contributed by atoms with Crippen LogP contribution in [0.2, 0.25) is 5.02 Å². The van der Waals surface area contributed by atoms with Crippen molar-refractivity contribution in [2.45, 2.75) is 39.0 Å². The van der Waals surface area contributed by atoms with E-state index in [0.29, 0.717) is 11.4 Å². The van der Waals surface area contributed by atoms with Gasteiger partial charge in [-0.15, -0.1) is 0 Å². The molecule has 0 saturated carbocycles. The highest BCUT2D eigenvalue weighted by Crippen LogP contribution is 2.42. The quantitative estimate of drug-likeness (QED) is 0.494. The minimum Gasteiger partial charge on any atom is -0.508 e. The first kappa shape index (κ1) is 20.1. The van der Waals surface area contributed by atoms with E-state index in [-0.39, 0.29) is 22.7 Å². The standard InChI is InChI=1S/C24H25ClO3/c1-4-24(18-6-9-21(26)15(2)11-18,19-7-10-22(27)16(3)12-19)14-17-5-8-23(28)20(25)13-17/h5-13,26-28H,4,14H2,1-3H3. The molecule has 0 saturated heterocycles. The summed E-state index contributed by atoms with van der Waals surface area (Å²) >= 11 is 6.15. The van der Waals surface area contributed by atoms with Crippen molar-refractivity contribution in [2.24, 2.45) is 0 Å². The molecule has 0 atom stereocenters. The summed E-state index contributed by atoms with van der Waals surface area (Å²) in [6, 6.07) is 16.7. The van der Waals surface area contributed by atoms with E-state index in [1.807, 2.05) is 44.2 Å². The van der Waals surface area contributed by atoms with E-state index in [9.17, 15) is 15.3 Å². The van der Waals surface area contributed by atoms with Crippen molar-refractivity contribution in [3.63, 3.8) is 0 Å². The lowest BCUT2D eigenvalue weighted by atomic mass is 9.68. The van der Waals surface area contributed by atoms with Gasteiger partial charge in [-0.1, -0.05) is 48.9 Å². The van der Waals surface area contributed by atoms with Crippen LogP contribution in [-0.2, 0) is 11.8 Å². The summed E-state index contributed by atoms with van der Waals surface area (Å²) < 4.78 is 0. The molecule has 0 bridgehead atoms. The van der Waals surface area contributed by atoms with Gasteiger partial charge >= 0.3 is 0 Å². The zero-order valence-corrected chi connectivity index (χ0v) is 17.1. The largest absolute Gasteiger partial charge is 0.508 e. The van der Waals surface area contributed by atoms with E-state index in [0.717, 1.165) is 34.2 Å². The summed E-state index contributed by atoms with van der Waals surface area (Å²) in [4.78, 5) is 0. The molecule has 3 nitrogen and oxygen atoms in total. The van der Waals surface area contributed by atoms with E-state index >= 15 is 0 Å². The monoisotopic (exact) mass is 396 g/mol. The Kier molecular flexibility index (Phi) is 5.57. The normalized spacial score (nSPS) is 11.6. The van der Waals surface area contributed by atoms with Gasteiger partial charge in [-0.05, 0) is 78.8 Å². The number of benzene rings is 3. The summed E-state index contributed by atoms with van der Waals surface area (Å²) in [5.74, 6) is 0.597. The Labute approximate surface area is 170 Å². The van der Waals surface area contributed by atoms with E-state index in [4.69, 9.17) is 11.6 Å². The maximum atomic E-state index is 10.0. The summed E-state index contributed by atoms with van der Waals surface area (Å²) in [6.45, 7) is 5.91. The zero-order chi connectivity index (χ0) is 20.5. The minimum absolute atomic E-state index is 0.0634. The third-order valence-corrected chi connectivity index (χ3v) is 5.92. The Balaban J connectivity index is 2.22. The molecule has 0 unspecified atom stereocenters. The first-order valence-electron chi connectivity index (χ1n) is 9.34. The highest BCUT2D eigenvalue weighted by Gasteiger charge is 2.34. The Hall–Kier alpha value is -2.65. The predicted molar refractivity (Wildman–Crippen MR) is 114 cm³/mol. The van der Waals surface area contributed by atoms with Gasteiger partial charge in [0.1, 0.15) is 17.2 Å². The molecule has 3 aromatic rings. The number of aromatic hydroxyl groups is 3. The van der Waals surface area contributed by atoms with Crippen molar-refractivity contribution < 1.29 is 15.3 Å². The Bertz CT molecular complexity index is 959. The molecule has 0 fully saturated rings. The molecule has 0 aliphatic heterocycles. The lowest BCUT2D eigenvalue weighted by molar-refractivity contribution is 0.460. The molecule has 0 heterocycles. The van der Waals surface area contributed by atoms with E-state index in [2.05, 4.69) is 6.92 Å². The highest BCUT2D eigenvalue weighted by atomic mass is 35.5. The van der Waals surface area contributed by atoms with Crippen molar-refractivity contribution in [1.29, 1.82) is 0 Å². The fourth-order valence-electron chi connectivity index (χ4n) is 3.82. The second-order valence-corrected chi connectivity index (χ2v) is 7.81. The molecule has 3 aromatic carbocycles. The first-order chi connectivity index (χ1) is 13.3. The van der Waals surface area contributed by atoms with Crippen molar-refractivity contribution in [2.75, 3.05) is 0 Å². The van der Waals surface area contributed by atoms with Crippen LogP contribution in [0.4, 0.5) is 0 Å². The Morgan fingerprint density at radius 2 is 1.25 bits per heavy atom. The number of hydrogen-bond acceptors (Lipinski definition) is 3. The van der Waals surface area contributed by atoms with Crippen LogP contribution < -0.4 is 0 Å². The average Bonchev–Trinajstić information content (AvgIpc) is 2.67. The summed E-state index contributed by atoms with van der Waals surface area (Å²) in [5, 5.41) is 30.1. The molecule has 28 heavy (non-hydrogen) atoms. The van der Waals surface area contributed by atoms with Crippen molar-refractivity contribution in [3.05, 3.63) is 87.4 Å². The van der Waals surface area contributed by atoms with E-state index in [1.165, 1.54) is 0 Å². The molecule has 0 amide bonds. The van der Waals surface area contributed by atoms with Crippen LogP contribution in [0.1, 0.15) is 41.2 Å². The predicted octanol–water partition coefficient (Wildman–Crippen LogP) is 6.01. The zero-order valence-electron chi connectivity index (χ0n) is 16.3. The van der Waals surface area contributed by atoms with Gasteiger partial charge in [0.15, 0.2) is 0 Å². The molecule has 0 radical (unpaired) electrons. The third kappa shape index (κ3) is 3.67. The molecular formula is C24H25ClO3. The second-order valence-electron chi connectivity index (χ2n) is 7.40. The molecule has 0 aromatic heterocycles. The van der Waals surface area contributed by atoms with Crippen molar-refractivity contribution in [1.82, 2.24) is 0 Å². The number of phenolic OH excluding ortho intramolecular Hbond substituents is 3. The topological polar surface area (TPSA) is 60.7 Å². The Morgan fingerprint density at radius 1 is 0.750 bits per heavy atom. The van der Waals surface area contributed by atoms with Crippen LogP contribution in [0.3, 0.4) is 0 Å². The van der Waals surface area contributed by atoms with Gasteiger partial charge in [-0.3, -0.25) is 0 Å². The van der Waals surface area contributed by atoms with E-state index in [1.54, 1.807) is 24.3 Å². The maximum absolute atomic E-state index is 10.0. The number of aryl methyl sites for hydroxylation is 2. The van der Waals surface area contributed by atoms with Gasteiger partial charge in [0, 0.05) is 5.41 Å². The smallest absolute Gasteiger partial charge is 0.134 e. The lowest BCUT2D eigenvalue weighted by Crippen LogP contribution is -2.30. The fraction of sp³-hybridized carbons (Fsp3) is 0.250. The minimum atomic E-state index is -0.378. The van der Waals surface area contributed by atoms with Gasteiger partial charge in [-0.2, -0.15) is 0 Å². The molecule has 0 aliphatic carbocycles. The summed E-state index contributed by atoms with van der Waals surface area (Å²) in [6.07, 6.45) is 1.47. The molecule has 146 valence electrons. The van der Waals surface area contributed by atoms with Gasteiger partial charge in [0.2, 0.25) is 0 Å². The summed E-state index contributed by atoms with van der Waals surface area (Å²) in [5.41, 5.74) is 4.42. The summed E-state index contributed by atoms with van der Waals surface area (Å²) in [7, 11) is 0. The number of phenols is 3. The highest BCUT2D eigenvalue weighted by molar-refractivity contribution is 6.32. The number of hydrogen-bond donors (Lipinski definition) is 3. The van der Waals surface area contributed by atoms with Crippen molar-refractivity contribution >= 4 is 11.6 Å². The van der Waals surface area contributed by atoms with Crippen molar-refractivity contribution in [3.8, 4) is 17.2 Å². The van der Waals surface area contributed by atoms with Crippen LogP contribution in [0, 0.1) is 13.8 Å². The number of rotatable bonds is 5. The second kappa shape index (κ2) is 7.76. The van der Waals surface area contributed by atoms with Gasteiger partial charge in [0.25, 0.3) is 0 Å². The van der Waals surface area contributed by atoms with Gasteiger partial charge in [0.05, 0.1) is 5.02 Å². The van der Waals surface area contributed by atoms with Crippen LogP contribution in [0.15, 0.2) is 54.6 Å². The van der Waals surface area contributed by atoms with Crippen LogP contribution >= 0.6 is 11.6 Å². The fourth-order valence-corrected chi connectivity index (χ4v) is 4.02. The molecule has 4 heteroatoms. The lowest BCUT2D eigenvalue weighted by Gasteiger charge is -2.35.